The van der Waals surface area contributed by atoms with Gasteiger partial charge in [-0.2, -0.15) is 0 Å². The van der Waals surface area contributed by atoms with E-state index in [4.69, 9.17) is 9.47 Å². The summed E-state index contributed by atoms with van der Waals surface area (Å²) in [6.45, 7) is 3.92. The van der Waals surface area contributed by atoms with Crippen LogP contribution in [0, 0.1) is 13.8 Å². The molecule has 5 nitrogen and oxygen atoms in total. The summed E-state index contributed by atoms with van der Waals surface area (Å²) in [5.41, 5.74) is 3.39. The van der Waals surface area contributed by atoms with E-state index in [2.05, 4.69) is 5.32 Å². The van der Waals surface area contributed by atoms with E-state index in [1.165, 1.54) is 0 Å². The molecule has 2 aromatic carbocycles. The molecule has 26 heavy (non-hydrogen) atoms. The number of benzene rings is 2. The molecule has 1 N–H and O–H groups in total. The fourth-order valence-electron chi connectivity index (χ4n) is 2.69. The third-order valence-electron chi connectivity index (χ3n) is 4.41. The zero-order valence-electron chi connectivity index (χ0n) is 15.4. The molecule has 1 heterocycles. The predicted octanol–water partition coefficient (Wildman–Crippen LogP) is 4.70. The van der Waals surface area contributed by atoms with Crippen LogP contribution in [0.1, 0.15) is 21.7 Å². The van der Waals surface area contributed by atoms with Gasteiger partial charge in [0.15, 0.2) is 0 Å². The molecule has 0 radical (unpaired) electrons. The normalized spacial score (nSPS) is 10.5. The van der Waals surface area contributed by atoms with Crippen LogP contribution in [0.3, 0.4) is 0 Å². The first-order chi connectivity index (χ1) is 12.5. The lowest BCUT2D eigenvalue weighted by atomic mass is 10.2. The van der Waals surface area contributed by atoms with Crippen molar-refractivity contribution in [3.05, 3.63) is 71.5 Å². The predicted molar refractivity (Wildman–Crippen MR) is 102 cm³/mol. The van der Waals surface area contributed by atoms with Gasteiger partial charge in [0.05, 0.1) is 12.7 Å². The van der Waals surface area contributed by atoms with Crippen molar-refractivity contribution in [2.75, 3.05) is 12.4 Å². The molecule has 0 saturated carbocycles. The third kappa shape index (κ3) is 3.72. The van der Waals surface area contributed by atoms with E-state index in [9.17, 15) is 4.79 Å². The van der Waals surface area contributed by atoms with Crippen LogP contribution in [-0.4, -0.2) is 17.6 Å². The highest BCUT2D eigenvalue weighted by Crippen LogP contribution is 2.26. The first kappa shape index (κ1) is 17.6. The summed E-state index contributed by atoms with van der Waals surface area (Å²) in [6.07, 6.45) is 0. The van der Waals surface area contributed by atoms with Gasteiger partial charge in [-0.3, -0.25) is 4.79 Å². The maximum absolute atomic E-state index is 12.5. The number of rotatable bonds is 5. The second-order valence-electron chi connectivity index (χ2n) is 6.10. The van der Waals surface area contributed by atoms with Crippen LogP contribution in [0.4, 0.5) is 5.69 Å². The van der Waals surface area contributed by atoms with Crippen molar-refractivity contribution in [1.82, 2.24) is 4.57 Å². The lowest BCUT2D eigenvalue weighted by Crippen LogP contribution is -2.12. The summed E-state index contributed by atoms with van der Waals surface area (Å²) in [5.74, 6) is 1.99. The van der Waals surface area contributed by atoms with Crippen LogP contribution in [0.25, 0.3) is 0 Å². The highest BCUT2D eigenvalue weighted by atomic mass is 16.5. The number of amides is 1. The fourth-order valence-corrected chi connectivity index (χ4v) is 2.69. The van der Waals surface area contributed by atoms with Crippen LogP contribution >= 0.6 is 0 Å². The van der Waals surface area contributed by atoms with E-state index >= 15 is 0 Å². The number of anilines is 1. The molecular weight excluding hydrogens is 328 g/mol. The summed E-state index contributed by atoms with van der Waals surface area (Å²) >= 11 is 0. The Bertz CT molecular complexity index is 927. The number of aryl methyl sites for hydroxylation is 1. The van der Waals surface area contributed by atoms with Crippen molar-refractivity contribution in [1.29, 1.82) is 0 Å². The molecular formula is C21H22N2O3. The Hall–Kier alpha value is -3.21. The summed E-state index contributed by atoms with van der Waals surface area (Å²) in [7, 11) is 3.57. The van der Waals surface area contributed by atoms with Crippen molar-refractivity contribution >= 4 is 11.6 Å². The Morgan fingerprint density at radius 2 is 1.65 bits per heavy atom. The molecule has 3 aromatic rings. The SMILES string of the molecule is COc1cccc(Oc2ccc(NC(=O)c3cc(C)n(C)c3C)cc2)c1. The maximum atomic E-state index is 12.5. The summed E-state index contributed by atoms with van der Waals surface area (Å²) in [5, 5.41) is 2.92. The van der Waals surface area contributed by atoms with Crippen molar-refractivity contribution < 1.29 is 14.3 Å². The number of hydrogen-bond donors (Lipinski definition) is 1. The molecule has 1 aromatic heterocycles. The van der Waals surface area contributed by atoms with Gasteiger partial charge >= 0.3 is 0 Å². The Morgan fingerprint density at radius 1 is 0.962 bits per heavy atom. The molecule has 3 rings (SSSR count). The van der Waals surface area contributed by atoms with Crippen molar-refractivity contribution in [3.8, 4) is 17.2 Å². The summed E-state index contributed by atoms with van der Waals surface area (Å²) in [6, 6.07) is 16.6. The molecule has 0 bridgehead atoms. The van der Waals surface area contributed by atoms with Gasteiger partial charge in [-0.15, -0.1) is 0 Å². The lowest BCUT2D eigenvalue weighted by Gasteiger charge is -2.09. The molecule has 0 atom stereocenters. The molecule has 0 saturated heterocycles. The molecule has 0 aliphatic rings. The molecule has 1 amide bonds. The second-order valence-corrected chi connectivity index (χ2v) is 6.10. The third-order valence-corrected chi connectivity index (χ3v) is 4.41. The van der Waals surface area contributed by atoms with E-state index < -0.39 is 0 Å². The minimum Gasteiger partial charge on any atom is -0.497 e. The quantitative estimate of drug-likeness (QED) is 0.726. The Kier molecular flexibility index (Phi) is 4.98. The minimum absolute atomic E-state index is 0.118. The van der Waals surface area contributed by atoms with Gasteiger partial charge < -0.3 is 19.4 Å². The van der Waals surface area contributed by atoms with Crippen molar-refractivity contribution in [3.63, 3.8) is 0 Å². The molecule has 134 valence electrons. The highest BCUT2D eigenvalue weighted by Gasteiger charge is 2.14. The molecule has 5 heteroatoms. The summed E-state index contributed by atoms with van der Waals surface area (Å²) in [4.78, 5) is 12.5. The lowest BCUT2D eigenvalue weighted by molar-refractivity contribution is 0.102. The van der Waals surface area contributed by atoms with Crippen LogP contribution in [-0.2, 0) is 7.05 Å². The Labute approximate surface area is 153 Å². The van der Waals surface area contributed by atoms with Gasteiger partial charge in [0, 0.05) is 30.2 Å². The van der Waals surface area contributed by atoms with Gasteiger partial charge in [-0.1, -0.05) is 6.07 Å². The fraction of sp³-hybridized carbons (Fsp3) is 0.190. The number of ether oxygens (including phenoxy) is 2. The Balaban J connectivity index is 1.69. The molecule has 0 aliphatic heterocycles. The number of aromatic nitrogens is 1. The van der Waals surface area contributed by atoms with E-state index in [1.807, 2.05) is 80.1 Å². The monoisotopic (exact) mass is 350 g/mol. The standard InChI is InChI=1S/C21H22N2O3/c1-14-12-20(15(2)23(14)3)21(24)22-16-8-10-17(11-9-16)26-19-7-5-6-18(13-19)25-4/h5-13H,1-4H3,(H,22,24). The molecule has 0 unspecified atom stereocenters. The summed E-state index contributed by atoms with van der Waals surface area (Å²) < 4.78 is 13.0. The largest absolute Gasteiger partial charge is 0.497 e. The number of carbonyl (C=O) groups is 1. The first-order valence-corrected chi connectivity index (χ1v) is 8.34. The average Bonchev–Trinajstić information content (AvgIpc) is 2.91. The van der Waals surface area contributed by atoms with E-state index in [1.54, 1.807) is 7.11 Å². The van der Waals surface area contributed by atoms with Crippen LogP contribution in [0.5, 0.6) is 17.2 Å². The van der Waals surface area contributed by atoms with Gasteiger partial charge in [0.2, 0.25) is 0 Å². The van der Waals surface area contributed by atoms with Gasteiger partial charge in [0.25, 0.3) is 5.91 Å². The number of nitrogens with zero attached hydrogens (tertiary/aromatic N) is 1. The van der Waals surface area contributed by atoms with E-state index in [-0.39, 0.29) is 5.91 Å². The van der Waals surface area contributed by atoms with Gasteiger partial charge in [-0.25, -0.2) is 0 Å². The van der Waals surface area contributed by atoms with E-state index in [0.29, 0.717) is 22.7 Å². The number of methoxy groups -OCH3 is 1. The van der Waals surface area contributed by atoms with Crippen molar-refractivity contribution in [2.24, 2.45) is 7.05 Å². The highest BCUT2D eigenvalue weighted by molar-refractivity contribution is 6.05. The van der Waals surface area contributed by atoms with E-state index in [0.717, 1.165) is 17.1 Å². The second kappa shape index (κ2) is 7.35. The maximum Gasteiger partial charge on any atom is 0.257 e. The van der Waals surface area contributed by atoms with Gasteiger partial charge in [-0.05, 0) is 56.3 Å². The molecule has 0 spiro atoms. The number of hydrogen-bond acceptors (Lipinski definition) is 3. The first-order valence-electron chi connectivity index (χ1n) is 8.34. The van der Waals surface area contributed by atoms with Crippen molar-refractivity contribution in [2.45, 2.75) is 13.8 Å². The van der Waals surface area contributed by atoms with Crippen LogP contribution in [0.2, 0.25) is 0 Å². The smallest absolute Gasteiger partial charge is 0.257 e. The molecule has 0 aliphatic carbocycles. The van der Waals surface area contributed by atoms with Crippen LogP contribution < -0.4 is 14.8 Å². The minimum atomic E-state index is -0.118. The Morgan fingerprint density at radius 3 is 2.27 bits per heavy atom. The topological polar surface area (TPSA) is 52.5 Å². The van der Waals surface area contributed by atoms with Gasteiger partial charge in [0.1, 0.15) is 17.2 Å². The number of carbonyl (C=O) groups excluding carboxylic acids is 1. The zero-order chi connectivity index (χ0) is 18.7. The number of nitrogens with one attached hydrogen (secondary N) is 1. The zero-order valence-corrected chi connectivity index (χ0v) is 15.4. The average molecular weight is 350 g/mol. The molecule has 0 fully saturated rings. The van der Waals surface area contributed by atoms with Crippen LogP contribution in [0.15, 0.2) is 54.6 Å².